The molecule has 1 saturated carbocycles. The van der Waals surface area contributed by atoms with E-state index in [1.165, 1.54) is 0 Å². The first-order valence-electron chi connectivity index (χ1n) is 8.67. The molecule has 2 aliphatic rings. The molecule has 0 bridgehead atoms. The second-order valence-electron chi connectivity index (χ2n) is 7.15. The van der Waals surface area contributed by atoms with Crippen molar-refractivity contribution in [3.63, 3.8) is 0 Å². The topological polar surface area (TPSA) is 84.1 Å². The van der Waals surface area contributed by atoms with Crippen molar-refractivity contribution in [3.8, 4) is 0 Å². The van der Waals surface area contributed by atoms with Gasteiger partial charge in [0, 0.05) is 37.1 Å². The third-order valence-corrected chi connectivity index (χ3v) is 5.17. The van der Waals surface area contributed by atoms with Crippen LogP contribution in [0.25, 0.3) is 0 Å². The fraction of sp³-hybridized carbons (Fsp3) is 0.706. The van der Waals surface area contributed by atoms with Crippen molar-refractivity contribution < 1.29 is 4.79 Å². The fourth-order valence-electron chi connectivity index (χ4n) is 3.82. The number of anilines is 1. The zero-order valence-corrected chi connectivity index (χ0v) is 13.9. The number of nitrogens with one attached hydrogen (secondary N) is 1. The molecule has 0 aromatic carbocycles. The van der Waals surface area contributed by atoms with Crippen LogP contribution < -0.4 is 16.0 Å². The minimum atomic E-state index is -0.376. The van der Waals surface area contributed by atoms with Gasteiger partial charge in [-0.25, -0.2) is 9.97 Å². The van der Waals surface area contributed by atoms with Crippen LogP contribution >= 0.6 is 0 Å². The van der Waals surface area contributed by atoms with Crippen LogP contribution in [0.1, 0.15) is 45.4 Å². The summed E-state index contributed by atoms with van der Waals surface area (Å²) < 4.78 is 0. The van der Waals surface area contributed by atoms with Crippen LogP contribution in [-0.2, 0) is 4.79 Å². The summed E-state index contributed by atoms with van der Waals surface area (Å²) in [7, 11) is 0. The summed E-state index contributed by atoms with van der Waals surface area (Å²) in [5.41, 5.74) is 5.98. The molecule has 2 fully saturated rings. The molecule has 1 aromatic rings. The first-order chi connectivity index (χ1) is 11.1. The summed E-state index contributed by atoms with van der Waals surface area (Å²) in [5.74, 6) is 0.794. The summed E-state index contributed by atoms with van der Waals surface area (Å²) in [6, 6.07) is 1.97. The van der Waals surface area contributed by atoms with E-state index in [9.17, 15) is 4.79 Å². The number of hydrogen-bond acceptors (Lipinski definition) is 5. The first-order valence-corrected chi connectivity index (χ1v) is 8.67. The van der Waals surface area contributed by atoms with Gasteiger partial charge in [-0.15, -0.1) is 0 Å². The Morgan fingerprint density at radius 3 is 2.83 bits per heavy atom. The van der Waals surface area contributed by atoms with Crippen LogP contribution in [0.3, 0.4) is 0 Å². The lowest BCUT2D eigenvalue weighted by Crippen LogP contribution is -2.56. The Labute approximate surface area is 137 Å². The molecule has 1 aromatic heterocycles. The van der Waals surface area contributed by atoms with Crippen LogP contribution in [0.5, 0.6) is 0 Å². The average Bonchev–Trinajstić information content (AvgIpc) is 2.55. The van der Waals surface area contributed by atoms with Gasteiger partial charge < -0.3 is 16.0 Å². The summed E-state index contributed by atoms with van der Waals surface area (Å²) >= 11 is 0. The van der Waals surface area contributed by atoms with Gasteiger partial charge in [-0.3, -0.25) is 4.79 Å². The summed E-state index contributed by atoms with van der Waals surface area (Å²) in [4.78, 5) is 23.5. The van der Waals surface area contributed by atoms with Crippen molar-refractivity contribution in [1.82, 2.24) is 15.3 Å². The Balaban J connectivity index is 1.60. The Kier molecular flexibility index (Phi) is 4.80. The Bertz CT molecular complexity index is 533. The molecular formula is C17H27N5O. The second kappa shape index (κ2) is 6.83. The van der Waals surface area contributed by atoms with E-state index in [0.717, 1.165) is 57.6 Å². The van der Waals surface area contributed by atoms with Crippen LogP contribution in [0.15, 0.2) is 18.5 Å². The van der Waals surface area contributed by atoms with Crippen molar-refractivity contribution in [3.05, 3.63) is 18.5 Å². The number of hydrogen-bond donors (Lipinski definition) is 2. The number of aromatic nitrogens is 2. The maximum Gasteiger partial charge on any atom is 0.225 e. The summed E-state index contributed by atoms with van der Waals surface area (Å²) in [6.45, 7) is 3.72. The Morgan fingerprint density at radius 1 is 1.30 bits per heavy atom. The lowest BCUT2D eigenvalue weighted by Gasteiger charge is -2.39. The highest BCUT2D eigenvalue weighted by atomic mass is 16.2. The van der Waals surface area contributed by atoms with Crippen LogP contribution in [-0.4, -0.2) is 40.5 Å². The molecule has 0 radical (unpaired) electrons. The molecule has 1 amide bonds. The third-order valence-electron chi connectivity index (χ3n) is 5.17. The SMILES string of the molecule is CC1(N)CCCCC1C(=O)NC1CCCN(c2ncccn2)C1. The van der Waals surface area contributed by atoms with Crippen molar-refractivity contribution >= 4 is 11.9 Å². The molecule has 1 aliphatic heterocycles. The average molecular weight is 317 g/mol. The highest BCUT2D eigenvalue weighted by Gasteiger charge is 2.38. The minimum absolute atomic E-state index is 0.0698. The number of nitrogens with zero attached hydrogens (tertiary/aromatic N) is 3. The van der Waals surface area contributed by atoms with Crippen molar-refractivity contribution in [2.24, 2.45) is 11.7 Å². The van der Waals surface area contributed by atoms with Gasteiger partial charge in [-0.2, -0.15) is 0 Å². The van der Waals surface area contributed by atoms with Crippen LogP contribution in [0.4, 0.5) is 5.95 Å². The largest absolute Gasteiger partial charge is 0.351 e. The standard InChI is InChI=1S/C17H27N5O/c1-17(18)8-3-2-7-14(17)15(23)21-13-6-4-11-22(12-13)16-19-9-5-10-20-16/h5,9-10,13-14H,2-4,6-8,11-12,18H2,1H3,(H,21,23). The van der Waals surface area contributed by atoms with E-state index in [2.05, 4.69) is 20.2 Å². The van der Waals surface area contributed by atoms with Crippen molar-refractivity contribution in [2.75, 3.05) is 18.0 Å². The molecule has 2 heterocycles. The molecule has 3 N–H and O–H groups in total. The quantitative estimate of drug-likeness (QED) is 0.882. The molecule has 1 aliphatic carbocycles. The Morgan fingerprint density at radius 2 is 2.09 bits per heavy atom. The van der Waals surface area contributed by atoms with Gasteiger partial charge in [0.15, 0.2) is 0 Å². The first kappa shape index (κ1) is 16.2. The van der Waals surface area contributed by atoms with Crippen molar-refractivity contribution in [1.29, 1.82) is 0 Å². The van der Waals surface area contributed by atoms with Gasteiger partial charge in [-0.05, 0) is 38.7 Å². The number of rotatable bonds is 3. The minimum Gasteiger partial charge on any atom is -0.351 e. The smallest absolute Gasteiger partial charge is 0.225 e. The zero-order valence-electron chi connectivity index (χ0n) is 13.9. The van der Waals surface area contributed by atoms with E-state index in [4.69, 9.17) is 5.73 Å². The molecule has 3 atom stereocenters. The van der Waals surface area contributed by atoms with Gasteiger partial charge in [0.25, 0.3) is 0 Å². The van der Waals surface area contributed by atoms with Gasteiger partial charge in [0.1, 0.15) is 0 Å². The molecule has 6 nitrogen and oxygen atoms in total. The van der Waals surface area contributed by atoms with E-state index in [1.807, 2.05) is 13.0 Å². The van der Waals surface area contributed by atoms with Crippen LogP contribution in [0.2, 0.25) is 0 Å². The van der Waals surface area contributed by atoms with E-state index in [0.29, 0.717) is 0 Å². The maximum atomic E-state index is 12.7. The summed E-state index contributed by atoms with van der Waals surface area (Å²) in [6.07, 6.45) is 9.60. The van der Waals surface area contributed by atoms with Gasteiger partial charge in [0.2, 0.25) is 11.9 Å². The predicted octanol–water partition coefficient (Wildman–Crippen LogP) is 1.47. The molecular weight excluding hydrogens is 290 g/mol. The van der Waals surface area contributed by atoms with E-state index in [-0.39, 0.29) is 23.4 Å². The number of nitrogens with two attached hydrogens (primary N) is 1. The van der Waals surface area contributed by atoms with Crippen LogP contribution in [0, 0.1) is 5.92 Å². The van der Waals surface area contributed by atoms with Gasteiger partial charge in [-0.1, -0.05) is 12.8 Å². The number of amides is 1. The maximum absolute atomic E-state index is 12.7. The number of carbonyl (C=O) groups excluding carboxylic acids is 1. The Hall–Kier alpha value is -1.69. The predicted molar refractivity (Wildman–Crippen MR) is 90.0 cm³/mol. The molecule has 3 rings (SSSR count). The van der Waals surface area contributed by atoms with E-state index >= 15 is 0 Å². The highest BCUT2D eigenvalue weighted by Crippen LogP contribution is 2.32. The normalized spacial score (nSPS) is 31.7. The highest BCUT2D eigenvalue weighted by molar-refractivity contribution is 5.80. The van der Waals surface area contributed by atoms with E-state index < -0.39 is 0 Å². The zero-order chi connectivity index (χ0) is 16.3. The second-order valence-corrected chi connectivity index (χ2v) is 7.15. The molecule has 3 unspecified atom stereocenters. The molecule has 0 spiro atoms. The molecule has 6 heteroatoms. The van der Waals surface area contributed by atoms with Crippen molar-refractivity contribution in [2.45, 2.75) is 57.0 Å². The van der Waals surface area contributed by atoms with Gasteiger partial charge >= 0.3 is 0 Å². The number of piperidine rings is 1. The van der Waals surface area contributed by atoms with E-state index in [1.54, 1.807) is 12.4 Å². The monoisotopic (exact) mass is 317 g/mol. The fourth-order valence-corrected chi connectivity index (χ4v) is 3.82. The molecule has 23 heavy (non-hydrogen) atoms. The number of carbonyl (C=O) groups is 1. The third kappa shape index (κ3) is 3.80. The molecule has 1 saturated heterocycles. The molecule has 126 valence electrons. The lowest BCUT2D eigenvalue weighted by molar-refractivity contribution is -0.128. The summed E-state index contributed by atoms with van der Waals surface area (Å²) in [5, 5.41) is 3.23. The van der Waals surface area contributed by atoms with Gasteiger partial charge in [0.05, 0.1) is 5.92 Å². The lowest BCUT2D eigenvalue weighted by atomic mass is 9.74.